The van der Waals surface area contributed by atoms with Crippen molar-refractivity contribution in [2.75, 3.05) is 26.2 Å². The van der Waals surface area contributed by atoms with E-state index in [1.807, 2.05) is 12.1 Å². The molecule has 3 aromatic rings. The fourth-order valence-electron chi connectivity index (χ4n) is 3.30. The lowest BCUT2D eigenvalue weighted by Crippen LogP contribution is -2.46. The molecule has 142 valence electrons. The molecule has 1 aliphatic rings. The number of hydrogen-bond donors (Lipinski definition) is 1. The Hall–Kier alpha value is -1.94. The maximum Gasteiger partial charge on any atom is 0.245 e. The molecule has 6 nitrogen and oxygen atoms in total. The van der Waals surface area contributed by atoms with Crippen LogP contribution in [-0.2, 0) is 22.9 Å². The van der Waals surface area contributed by atoms with Gasteiger partial charge in [-0.3, -0.25) is 0 Å². The molecule has 0 unspecified atom stereocenters. The number of sulfonamides is 1. The summed E-state index contributed by atoms with van der Waals surface area (Å²) in [5.74, 6) is -0.282. The van der Waals surface area contributed by atoms with Crippen LogP contribution in [0.25, 0.3) is 11.0 Å². The molecule has 2 aromatic carbocycles. The van der Waals surface area contributed by atoms with Crippen molar-refractivity contribution >= 4 is 32.8 Å². The van der Waals surface area contributed by atoms with E-state index in [1.54, 1.807) is 12.1 Å². The number of rotatable bonds is 5. The van der Waals surface area contributed by atoms with Crippen LogP contribution in [-0.4, -0.2) is 47.6 Å². The Bertz CT molecular complexity index is 1040. The van der Waals surface area contributed by atoms with Crippen LogP contribution in [0.3, 0.4) is 0 Å². The first-order valence-electron chi connectivity index (χ1n) is 8.75. The molecular weight excluding hydrogens is 387 g/mol. The van der Waals surface area contributed by atoms with E-state index >= 15 is 0 Å². The quantitative estimate of drug-likeness (QED) is 0.703. The lowest BCUT2D eigenvalue weighted by Gasteiger charge is -2.27. The number of benzene rings is 2. The van der Waals surface area contributed by atoms with Crippen LogP contribution in [0.2, 0.25) is 0 Å². The largest absolute Gasteiger partial charge is 0.314 e. The lowest BCUT2D eigenvalue weighted by atomic mass is 10.0. The monoisotopic (exact) mass is 406 g/mol. The van der Waals surface area contributed by atoms with Gasteiger partial charge in [-0.25, -0.2) is 12.8 Å². The Kier molecular flexibility index (Phi) is 5.18. The highest BCUT2D eigenvalue weighted by Crippen LogP contribution is 2.29. The fraction of sp³-hybridized carbons (Fsp3) is 0.333. The minimum atomic E-state index is -3.66. The van der Waals surface area contributed by atoms with Crippen molar-refractivity contribution in [1.82, 2.24) is 18.4 Å². The Morgan fingerprint density at radius 2 is 1.78 bits per heavy atom. The SMILES string of the molecule is O=S(=O)(c1c(CCc2ccc(F)cc2)ccc2nsnc12)N1CCNCC1. The average molecular weight is 407 g/mol. The number of aromatic nitrogens is 2. The summed E-state index contributed by atoms with van der Waals surface area (Å²) in [4.78, 5) is 0.262. The minimum absolute atomic E-state index is 0.262. The van der Waals surface area contributed by atoms with Crippen molar-refractivity contribution < 1.29 is 12.8 Å². The van der Waals surface area contributed by atoms with Crippen LogP contribution < -0.4 is 5.32 Å². The molecule has 9 heteroatoms. The molecule has 27 heavy (non-hydrogen) atoms. The highest BCUT2D eigenvalue weighted by Gasteiger charge is 2.31. The van der Waals surface area contributed by atoms with Gasteiger partial charge in [0, 0.05) is 26.2 Å². The summed E-state index contributed by atoms with van der Waals surface area (Å²) in [6.45, 7) is 2.15. The van der Waals surface area contributed by atoms with Gasteiger partial charge >= 0.3 is 0 Å². The third kappa shape index (κ3) is 3.73. The van der Waals surface area contributed by atoms with E-state index in [2.05, 4.69) is 14.1 Å². The summed E-state index contributed by atoms with van der Waals surface area (Å²) in [5, 5.41) is 3.17. The van der Waals surface area contributed by atoms with Gasteiger partial charge in [-0.2, -0.15) is 13.1 Å². The number of fused-ring (bicyclic) bond motifs is 1. The average Bonchev–Trinajstić information content (AvgIpc) is 3.16. The molecule has 1 N–H and O–H groups in total. The van der Waals surface area contributed by atoms with Gasteiger partial charge in [0.15, 0.2) is 0 Å². The molecule has 0 amide bonds. The molecule has 1 aromatic heterocycles. The Labute approximate surface area is 161 Å². The number of piperazine rings is 1. The van der Waals surface area contributed by atoms with Crippen molar-refractivity contribution in [2.45, 2.75) is 17.7 Å². The van der Waals surface area contributed by atoms with Gasteiger partial charge in [0.1, 0.15) is 21.7 Å². The first kappa shape index (κ1) is 18.4. The molecule has 0 saturated carbocycles. The molecule has 0 radical (unpaired) electrons. The van der Waals surface area contributed by atoms with E-state index in [-0.39, 0.29) is 10.7 Å². The molecule has 4 rings (SSSR count). The standard InChI is InChI=1S/C18H19FN4O2S2/c19-15-6-2-13(3-7-15)1-4-14-5-8-16-17(22-26-21-16)18(14)27(24,25)23-11-9-20-10-12-23/h2-3,5-8,20H,1,4,9-12H2. The summed E-state index contributed by atoms with van der Waals surface area (Å²) in [6, 6.07) is 9.92. The molecule has 0 aliphatic carbocycles. The number of hydrogen-bond acceptors (Lipinski definition) is 6. The first-order valence-corrected chi connectivity index (χ1v) is 10.9. The van der Waals surface area contributed by atoms with Crippen molar-refractivity contribution in [2.24, 2.45) is 0 Å². The predicted octanol–water partition coefficient (Wildman–Crippen LogP) is 2.21. The van der Waals surface area contributed by atoms with E-state index < -0.39 is 10.0 Å². The summed E-state index contributed by atoms with van der Waals surface area (Å²) >= 11 is 1.02. The Balaban J connectivity index is 1.72. The smallest absolute Gasteiger partial charge is 0.245 e. The molecule has 1 aliphatic heterocycles. The number of halogens is 1. The zero-order valence-corrected chi connectivity index (χ0v) is 16.2. The fourth-order valence-corrected chi connectivity index (χ4v) is 5.72. The van der Waals surface area contributed by atoms with Gasteiger partial charge in [0.05, 0.1) is 11.7 Å². The van der Waals surface area contributed by atoms with Crippen LogP contribution in [0.15, 0.2) is 41.3 Å². The predicted molar refractivity (Wildman–Crippen MR) is 103 cm³/mol. The van der Waals surface area contributed by atoms with Crippen molar-refractivity contribution in [1.29, 1.82) is 0 Å². The highest BCUT2D eigenvalue weighted by atomic mass is 32.2. The third-order valence-electron chi connectivity index (χ3n) is 4.73. The zero-order chi connectivity index (χ0) is 18.9. The molecule has 1 fully saturated rings. The van der Waals surface area contributed by atoms with Crippen LogP contribution in [0.5, 0.6) is 0 Å². The van der Waals surface area contributed by atoms with Gasteiger partial charge in [-0.05, 0) is 42.2 Å². The van der Waals surface area contributed by atoms with Crippen LogP contribution >= 0.6 is 11.7 Å². The molecule has 0 spiro atoms. The second-order valence-electron chi connectivity index (χ2n) is 6.47. The number of nitrogens with zero attached hydrogens (tertiary/aromatic N) is 3. The van der Waals surface area contributed by atoms with Crippen LogP contribution in [0, 0.1) is 5.82 Å². The second kappa shape index (κ2) is 7.59. The van der Waals surface area contributed by atoms with Crippen LogP contribution in [0.1, 0.15) is 11.1 Å². The summed E-state index contributed by atoms with van der Waals surface area (Å²) in [5.41, 5.74) is 2.71. The van der Waals surface area contributed by atoms with Gasteiger partial charge in [0.25, 0.3) is 0 Å². The molecule has 0 atom stereocenters. The van der Waals surface area contributed by atoms with E-state index in [1.165, 1.54) is 16.4 Å². The minimum Gasteiger partial charge on any atom is -0.314 e. The molecule has 1 saturated heterocycles. The molecule has 2 heterocycles. The van der Waals surface area contributed by atoms with E-state index in [0.29, 0.717) is 50.1 Å². The highest BCUT2D eigenvalue weighted by molar-refractivity contribution is 7.89. The summed E-state index contributed by atoms with van der Waals surface area (Å²) in [7, 11) is -3.66. The Morgan fingerprint density at radius 1 is 1.04 bits per heavy atom. The van der Waals surface area contributed by atoms with E-state index in [4.69, 9.17) is 0 Å². The van der Waals surface area contributed by atoms with Crippen LogP contribution in [0.4, 0.5) is 4.39 Å². The second-order valence-corrected chi connectivity index (χ2v) is 8.87. The van der Waals surface area contributed by atoms with E-state index in [0.717, 1.165) is 22.9 Å². The number of aryl methyl sites for hydroxylation is 2. The van der Waals surface area contributed by atoms with E-state index in [9.17, 15) is 12.8 Å². The normalized spacial score (nSPS) is 16.0. The maximum absolute atomic E-state index is 13.4. The van der Waals surface area contributed by atoms with Gasteiger partial charge in [0.2, 0.25) is 10.0 Å². The first-order chi connectivity index (χ1) is 13.1. The summed E-state index contributed by atoms with van der Waals surface area (Å²) in [6.07, 6.45) is 1.15. The van der Waals surface area contributed by atoms with Gasteiger partial charge < -0.3 is 5.32 Å². The van der Waals surface area contributed by atoms with Crippen molar-refractivity contribution in [3.63, 3.8) is 0 Å². The number of nitrogens with one attached hydrogen (secondary N) is 1. The van der Waals surface area contributed by atoms with Gasteiger partial charge in [-0.15, -0.1) is 0 Å². The topological polar surface area (TPSA) is 75.2 Å². The lowest BCUT2D eigenvalue weighted by molar-refractivity contribution is 0.360. The third-order valence-corrected chi connectivity index (χ3v) is 7.29. The molecular formula is C18H19FN4O2S2. The zero-order valence-electron chi connectivity index (χ0n) is 14.6. The maximum atomic E-state index is 13.4. The molecule has 0 bridgehead atoms. The van der Waals surface area contributed by atoms with Gasteiger partial charge in [-0.1, -0.05) is 18.2 Å². The summed E-state index contributed by atoms with van der Waals surface area (Å²) < 4.78 is 49.8. The van der Waals surface area contributed by atoms with Crippen molar-refractivity contribution in [3.05, 3.63) is 53.3 Å². The Morgan fingerprint density at radius 3 is 2.52 bits per heavy atom. The van der Waals surface area contributed by atoms with Crippen molar-refractivity contribution in [3.8, 4) is 0 Å².